The molecule has 4 nitrogen and oxygen atoms in total. The van der Waals surface area contributed by atoms with Crippen LogP contribution in [0.1, 0.15) is 9.88 Å². The fourth-order valence-corrected chi connectivity index (χ4v) is 2.79. The van der Waals surface area contributed by atoms with Crippen LogP contribution in [-0.4, -0.2) is 17.1 Å². The fraction of sp³-hybridized carbons (Fsp3) is 0.200. The van der Waals surface area contributed by atoms with E-state index < -0.39 is 0 Å². The minimum Gasteiger partial charge on any atom is -0.497 e. The average Bonchev–Trinajstić information content (AvgIpc) is 2.90. The van der Waals surface area contributed by atoms with E-state index in [0.717, 1.165) is 27.3 Å². The monoisotopic (exact) mass is 285 g/mol. The first-order valence-electron chi connectivity index (χ1n) is 6.34. The van der Waals surface area contributed by atoms with Gasteiger partial charge in [0.15, 0.2) is 0 Å². The fourth-order valence-electron chi connectivity index (χ4n) is 2.07. The van der Waals surface area contributed by atoms with Crippen molar-refractivity contribution in [3.8, 4) is 5.75 Å². The van der Waals surface area contributed by atoms with Crippen molar-refractivity contribution >= 4 is 27.9 Å². The molecule has 0 aliphatic rings. The highest BCUT2D eigenvalue weighted by Crippen LogP contribution is 2.25. The molecule has 2 heterocycles. The molecule has 0 spiro atoms. The van der Waals surface area contributed by atoms with E-state index in [4.69, 9.17) is 4.74 Å². The van der Waals surface area contributed by atoms with Crippen LogP contribution in [0.4, 0.5) is 5.82 Å². The number of aromatic nitrogens is 2. The Hall–Kier alpha value is -2.14. The molecule has 2 aromatic heterocycles. The van der Waals surface area contributed by atoms with Crippen molar-refractivity contribution in [2.45, 2.75) is 13.5 Å². The van der Waals surface area contributed by atoms with Crippen molar-refractivity contribution in [1.82, 2.24) is 9.97 Å². The van der Waals surface area contributed by atoms with Gasteiger partial charge in [0.05, 0.1) is 13.7 Å². The van der Waals surface area contributed by atoms with Crippen molar-refractivity contribution in [3.63, 3.8) is 0 Å². The van der Waals surface area contributed by atoms with Gasteiger partial charge in [-0.25, -0.2) is 9.97 Å². The van der Waals surface area contributed by atoms with Crippen molar-refractivity contribution in [3.05, 3.63) is 46.5 Å². The Morgan fingerprint density at radius 3 is 2.90 bits per heavy atom. The minimum absolute atomic E-state index is 0.691. The molecule has 0 unspecified atom stereocenters. The second-order valence-electron chi connectivity index (χ2n) is 4.46. The van der Waals surface area contributed by atoms with E-state index in [2.05, 4.69) is 22.2 Å². The van der Waals surface area contributed by atoms with Gasteiger partial charge in [0.2, 0.25) is 0 Å². The molecule has 1 N–H and O–H groups in total. The number of rotatable bonds is 4. The molecule has 0 amide bonds. The lowest BCUT2D eigenvalue weighted by Crippen LogP contribution is -2.01. The number of aryl methyl sites for hydroxylation is 1. The number of hydrogen-bond acceptors (Lipinski definition) is 5. The summed E-state index contributed by atoms with van der Waals surface area (Å²) >= 11 is 1.70. The first-order valence-corrected chi connectivity index (χ1v) is 7.16. The maximum atomic E-state index is 5.25. The Kier molecular flexibility index (Phi) is 3.52. The smallest absolute Gasteiger partial charge is 0.134 e. The summed E-state index contributed by atoms with van der Waals surface area (Å²) in [4.78, 5) is 9.98. The van der Waals surface area contributed by atoms with Crippen molar-refractivity contribution < 1.29 is 4.74 Å². The Labute approximate surface area is 121 Å². The summed E-state index contributed by atoms with van der Waals surface area (Å²) in [5.74, 6) is 1.73. The lowest BCUT2D eigenvalue weighted by Gasteiger charge is -2.08. The van der Waals surface area contributed by atoms with E-state index in [9.17, 15) is 0 Å². The Bertz CT molecular complexity index is 739. The summed E-state index contributed by atoms with van der Waals surface area (Å²) in [6, 6.07) is 7.96. The predicted octanol–water partition coefficient (Wildman–Crippen LogP) is 3.62. The van der Waals surface area contributed by atoms with Gasteiger partial charge in [-0.3, -0.25) is 0 Å². The molecule has 0 bridgehead atoms. The predicted molar refractivity (Wildman–Crippen MR) is 82.5 cm³/mol. The van der Waals surface area contributed by atoms with Gasteiger partial charge in [0.25, 0.3) is 0 Å². The number of thiazole rings is 1. The molecule has 0 saturated heterocycles. The second kappa shape index (κ2) is 5.46. The van der Waals surface area contributed by atoms with Crippen molar-refractivity contribution in [2.75, 3.05) is 12.4 Å². The molecule has 0 saturated carbocycles. The number of ether oxygens (including phenoxy) is 1. The van der Waals surface area contributed by atoms with Crippen LogP contribution >= 0.6 is 11.3 Å². The van der Waals surface area contributed by atoms with E-state index in [0.29, 0.717) is 6.54 Å². The third kappa shape index (κ3) is 2.58. The maximum absolute atomic E-state index is 5.25. The minimum atomic E-state index is 0.691. The molecular weight excluding hydrogens is 270 g/mol. The van der Waals surface area contributed by atoms with Gasteiger partial charge in [-0.1, -0.05) is 0 Å². The normalized spacial score (nSPS) is 10.7. The lowest BCUT2D eigenvalue weighted by atomic mass is 10.1. The van der Waals surface area contributed by atoms with Gasteiger partial charge < -0.3 is 10.1 Å². The number of benzene rings is 1. The zero-order chi connectivity index (χ0) is 13.9. The summed E-state index contributed by atoms with van der Waals surface area (Å²) in [5, 5.41) is 6.61. The van der Waals surface area contributed by atoms with Crippen molar-refractivity contribution in [1.29, 1.82) is 0 Å². The average molecular weight is 285 g/mol. The van der Waals surface area contributed by atoms with Gasteiger partial charge >= 0.3 is 0 Å². The van der Waals surface area contributed by atoms with Gasteiger partial charge in [-0.2, -0.15) is 0 Å². The highest BCUT2D eigenvalue weighted by Gasteiger charge is 2.05. The second-order valence-corrected chi connectivity index (χ2v) is 5.78. The number of anilines is 1. The highest BCUT2D eigenvalue weighted by molar-refractivity contribution is 7.11. The SMILES string of the molecule is COc1ccc2c(NCc3ncc(C)s3)nccc2c1. The number of methoxy groups -OCH3 is 1. The van der Waals surface area contributed by atoms with Crippen LogP contribution in [0.5, 0.6) is 5.75 Å². The molecule has 0 fully saturated rings. The molecule has 102 valence electrons. The zero-order valence-electron chi connectivity index (χ0n) is 11.4. The number of hydrogen-bond donors (Lipinski definition) is 1. The molecule has 3 aromatic rings. The molecule has 0 aliphatic carbocycles. The van der Waals surface area contributed by atoms with Crippen LogP contribution < -0.4 is 10.1 Å². The van der Waals surface area contributed by atoms with Crippen LogP contribution in [0.3, 0.4) is 0 Å². The van der Waals surface area contributed by atoms with Crippen LogP contribution in [0.15, 0.2) is 36.7 Å². The largest absolute Gasteiger partial charge is 0.497 e. The van der Waals surface area contributed by atoms with Crippen molar-refractivity contribution in [2.24, 2.45) is 0 Å². The quantitative estimate of drug-likeness (QED) is 0.795. The summed E-state index contributed by atoms with van der Waals surface area (Å²) in [7, 11) is 1.67. The first-order chi connectivity index (χ1) is 9.76. The van der Waals surface area contributed by atoms with Gasteiger partial charge in [-0.05, 0) is 36.6 Å². The van der Waals surface area contributed by atoms with Crippen LogP contribution in [0.2, 0.25) is 0 Å². The van der Waals surface area contributed by atoms with E-state index in [1.807, 2.05) is 30.5 Å². The number of fused-ring (bicyclic) bond motifs is 1. The third-order valence-corrected chi connectivity index (χ3v) is 3.96. The van der Waals surface area contributed by atoms with Crippen LogP contribution in [0.25, 0.3) is 10.8 Å². The molecule has 1 aromatic carbocycles. The number of pyridine rings is 1. The Morgan fingerprint density at radius 1 is 1.25 bits per heavy atom. The molecule has 0 radical (unpaired) electrons. The van der Waals surface area contributed by atoms with E-state index in [1.165, 1.54) is 4.88 Å². The third-order valence-electron chi connectivity index (χ3n) is 3.05. The Balaban J connectivity index is 1.87. The molecule has 0 atom stereocenters. The van der Waals surface area contributed by atoms with E-state index in [-0.39, 0.29) is 0 Å². The number of nitrogens with zero attached hydrogens (tertiary/aromatic N) is 2. The van der Waals surface area contributed by atoms with E-state index in [1.54, 1.807) is 24.6 Å². The standard InChI is InChI=1S/C15H15N3OS/c1-10-8-17-14(20-10)9-18-15-13-4-3-12(19-2)7-11(13)5-6-16-15/h3-8H,9H2,1-2H3,(H,16,18). The van der Waals surface area contributed by atoms with Gasteiger partial charge in [0, 0.05) is 22.7 Å². The first kappa shape index (κ1) is 12.9. The van der Waals surface area contributed by atoms with Gasteiger partial charge in [0.1, 0.15) is 16.6 Å². The Morgan fingerprint density at radius 2 is 2.15 bits per heavy atom. The zero-order valence-corrected chi connectivity index (χ0v) is 12.2. The molecular formula is C15H15N3OS. The lowest BCUT2D eigenvalue weighted by molar-refractivity contribution is 0.415. The van der Waals surface area contributed by atoms with Gasteiger partial charge in [-0.15, -0.1) is 11.3 Å². The topological polar surface area (TPSA) is 47.0 Å². The summed E-state index contributed by atoms with van der Waals surface area (Å²) < 4.78 is 5.25. The summed E-state index contributed by atoms with van der Waals surface area (Å²) in [6.45, 7) is 2.75. The molecule has 5 heteroatoms. The van der Waals surface area contributed by atoms with Crippen LogP contribution in [-0.2, 0) is 6.54 Å². The molecule has 20 heavy (non-hydrogen) atoms. The maximum Gasteiger partial charge on any atom is 0.134 e. The summed E-state index contributed by atoms with van der Waals surface area (Å²) in [6.07, 6.45) is 3.69. The number of nitrogens with one attached hydrogen (secondary N) is 1. The highest BCUT2D eigenvalue weighted by atomic mass is 32.1. The summed E-state index contributed by atoms with van der Waals surface area (Å²) in [5.41, 5.74) is 0. The molecule has 3 rings (SSSR count). The van der Waals surface area contributed by atoms with Crippen LogP contribution in [0, 0.1) is 6.92 Å². The van der Waals surface area contributed by atoms with E-state index >= 15 is 0 Å². The molecule has 0 aliphatic heterocycles.